The van der Waals surface area contributed by atoms with Gasteiger partial charge in [-0.15, -0.1) is 0 Å². The van der Waals surface area contributed by atoms with Crippen LogP contribution < -0.4 is 10.3 Å². The van der Waals surface area contributed by atoms with Gasteiger partial charge in [0.05, 0.1) is 15.4 Å². The number of hydrazone groups is 1. The second-order valence-electron chi connectivity index (χ2n) is 8.63. The summed E-state index contributed by atoms with van der Waals surface area (Å²) in [5, 5.41) is 5.80. The van der Waals surface area contributed by atoms with Crippen molar-refractivity contribution in [3.05, 3.63) is 52.5 Å². The molecule has 0 radical (unpaired) electrons. The van der Waals surface area contributed by atoms with Gasteiger partial charge in [0.25, 0.3) is 5.91 Å². The second-order valence-corrected chi connectivity index (χ2v) is 10.1. The molecule has 0 bridgehead atoms. The number of nitrogens with one attached hydrogen (secondary N) is 1. The van der Waals surface area contributed by atoms with Crippen molar-refractivity contribution in [3.8, 4) is 0 Å². The van der Waals surface area contributed by atoms with E-state index in [0.29, 0.717) is 37.1 Å². The monoisotopic (exact) mass is 483 g/mol. The van der Waals surface area contributed by atoms with E-state index in [9.17, 15) is 4.79 Å². The Labute approximate surface area is 204 Å². The molecule has 1 amide bonds. The van der Waals surface area contributed by atoms with Gasteiger partial charge in [-0.25, -0.2) is 4.98 Å². The van der Waals surface area contributed by atoms with E-state index in [-0.39, 0.29) is 5.91 Å². The molecular weight excluding hydrogens is 454 g/mol. The molecule has 2 aromatic carbocycles. The third-order valence-corrected chi connectivity index (χ3v) is 7.28. The van der Waals surface area contributed by atoms with Gasteiger partial charge in [-0.05, 0) is 49.1 Å². The van der Waals surface area contributed by atoms with Crippen LogP contribution >= 0.6 is 22.9 Å². The number of carbonyl (C=O) groups excluding carboxylic acids is 1. The van der Waals surface area contributed by atoms with Crippen LogP contribution in [0, 0.1) is 0 Å². The molecule has 6 nitrogen and oxygen atoms in total. The summed E-state index contributed by atoms with van der Waals surface area (Å²) < 4.78 is 1.06. The first kappa shape index (κ1) is 23.5. The van der Waals surface area contributed by atoms with Crippen molar-refractivity contribution >= 4 is 55.6 Å². The number of amides is 1. The highest BCUT2D eigenvalue weighted by molar-refractivity contribution is 7.22. The Morgan fingerprint density at radius 1 is 1.15 bits per heavy atom. The summed E-state index contributed by atoms with van der Waals surface area (Å²) in [4.78, 5) is 21.9. The number of thiazole rings is 1. The van der Waals surface area contributed by atoms with Crippen molar-refractivity contribution in [2.75, 3.05) is 36.5 Å². The maximum atomic E-state index is 13.0. The summed E-state index contributed by atoms with van der Waals surface area (Å²) in [6.07, 6.45) is 0.889. The molecular formula is C25H30ClN5OS. The normalized spacial score (nSPS) is 14.9. The fourth-order valence-corrected chi connectivity index (χ4v) is 4.94. The largest absolute Gasteiger partial charge is 0.365 e. The lowest BCUT2D eigenvalue weighted by Crippen LogP contribution is -2.49. The van der Waals surface area contributed by atoms with Crippen molar-refractivity contribution in [2.24, 2.45) is 5.10 Å². The zero-order valence-corrected chi connectivity index (χ0v) is 21.1. The van der Waals surface area contributed by atoms with E-state index in [1.807, 2.05) is 36.1 Å². The van der Waals surface area contributed by atoms with Gasteiger partial charge in [0.1, 0.15) is 5.52 Å². The molecule has 1 aliphatic heterocycles. The second kappa shape index (κ2) is 10.1. The van der Waals surface area contributed by atoms with Crippen LogP contribution in [-0.2, 0) is 0 Å². The molecule has 33 heavy (non-hydrogen) atoms. The van der Waals surface area contributed by atoms with Crippen LogP contribution in [0.2, 0.25) is 5.02 Å². The van der Waals surface area contributed by atoms with Gasteiger partial charge < -0.3 is 9.80 Å². The highest BCUT2D eigenvalue weighted by atomic mass is 35.5. The molecule has 0 atom stereocenters. The van der Waals surface area contributed by atoms with Gasteiger partial charge in [0, 0.05) is 37.5 Å². The topological polar surface area (TPSA) is 60.8 Å². The molecule has 0 spiro atoms. The van der Waals surface area contributed by atoms with Gasteiger partial charge in [-0.1, -0.05) is 55.8 Å². The first-order valence-corrected chi connectivity index (χ1v) is 12.6. The van der Waals surface area contributed by atoms with Gasteiger partial charge in [0.15, 0.2) is 0 Å². The van der Waals surface area contributed by atoms with Crippen LogP contribution in [-0.4, -0.2) is 47.7 Å². The molecule has 2 heterocycles. The van der Waals surface area contributed by atoms with Crippen LogP contribution in [0.5, 0.6) is 0 Å². The Morgan fingerprint density at radius 2 is 1.85 bits per heavy atom. The fraction of sp³-hybridized carbons (Fsp3) is 0.400. The van der Waals surface area contributed by atoms with Gasteiger partial charge in [-0.3, -0.25) is 10.2 Å². The molecule has 0 saturated carbocycles. The SMILES string of the molecule is CC/C(C)=N/Nc1nc2c(N3CCN(C(=O)c4ccc(C(C)C)cc4)CC3)c(Cl)ccc2s1. The molecule has 0 unspecified atom stereocenters. The van der Waals surface area contributed by atoms with Crippen LogP contribution in [0.4, 0.5) is 10.8 Å². The van der Waals surface area contributed by atoms with E-state index in [2.05, 4.69) is 48.3 Å². The Hall–Kier alpha value is -2.64. The number of halogens is 1. The molecule has 1 aromatic heterocycles. The Bertz CT molecular complexity index is 1160. The predicted octanol–water partition coefficient (Wildman–Crippen LogP) is 6.23. The zero-order valence-electron chi connectivity index (χ0n) is 19.6. The summed E-state index contributed by atoms with van der Waals surface area (Å²) in [5.74, 6) is 0.535. The Morgan fingerprint density at radius 3 is 2.48 bits per heavy atom. The first-order valence-electron chi connectivity index (χ1n) is 11.4. The lowest BCUT2D eigenvalue weighted by atomic mass is 10.0. The zero-order chi connectivity index (χ0) is 23.5. The Balaban J connectivity index is 1.49. The predicted molar refractivity (Wildman–Crippen MR) is 140 cm³/mol. The molecule has 174 valence electrons. The van der Waals surface area contributed by atoms with E-state index in [1.54, 1.807) is 11.3 Å². The molecule has 1 aliphatic rings. The summed E-state index contributed by atoms with van der Waals surface area (Å²) in [5.41, 5.74) is 7.88. The lowest BCUT2D eigenvalue weighted by Gasteiger charge is -2.36. The average Bonchev–Trinajstić information content (AvgIpc) is 3.25. The van der Waals surface area contributed by atoms with Crippen molar-refractivity contribution in [3.63, 3.8) is 0 Å². The number of hydrogen-bond acceptors (Lipinski definition) is 6. The molecule has 0 aliphatic carbocycles. The Kier molecular flexibility index (Phi) is 7.20. The van der Waals surface area contributed by atoms with E-state index < -0.39 is 0 Å². The van der Waals surface area contributed by atoms with E-state index >= 15 is 0 Å². The quantitative estimate of drug-likeness (QED) is 0.333. The highest BCUT2D eigenvalue weighted by Gasteiger charge is 2.25. The van der Waals surface area contributed by atoms with Crippen molar-refractivity contribution in [2.45, 2.75) is 40.0 Å². The van der Waals surface area contributed by atoms with Crippen molar-refractivity contribution in [1.29, 1.82) is 0 Å². The highest BCUT2D eigenvalue weighted by Crippen LogP contribution is 2.38. The first-order chi connectivity index (χ1) is 15.9. The minimum atomic E-state index is 0.0820. The minimum absolute atomic E-state index is 0.0820. The summed E-state index contributed by atoms with van der Waals surface area (Å²) >= 11 is 8.19. The van der Waals surface area contributed by atoms with Crippen molar-refractivity contribution < 1.29 is 4.79 Å². The van der Waals surface area contributed by atoms with Crippen LogP contribution in [0.3, 0.4) is 0 Å². The smallest absolute Gasteiger partial charge is 0.253 e. The van der Waals surface area contributed by atoms with E-state index in [4.69, 9.17) is 16.6 Å². The number of aromatic nitrogens is 1. The maximum Gasteiger partial charge on any atom is 0.253 e. The lowest BCUT2D eigenvalue weighted by molar-refractivity contribution is 0.0747. The van der Waals surface area contributed by atoms with Crippen molar-refractivity contribution in [1.82, 2.24) is 9.88 Å². The van der Waals surface area contributed by atoms with Crippen LogP contribution in [0.15, 0.2) is 41.5 Å². The third kappa shape index (κ3) is 5.14. The number of benzene rings is 2. The number of hydrogen-bond donors (Lipinski definition) is 1. The molecule has 4 rings (SSSR count). The summed E-state index contributed by atoms with van der Waals surface area (Å²) in [7, 11) is 0. The molecule has 1 fully saturated rings. The fourth-order valence-electron chi connectivity index (χ4n) is 3.85. The number of fused-ring (bicyclic) bond motifs is 1. The summed E-state index contributed by atoms with van der Waals surface area (Å²) in [6.45, 7) is 11.1. The molecule has 1 N–H and O–H groups in total. The summed E-state index contributed by atoms with van der Waals surface area (Å²) in [6, 6.07) is 11.9. The molecule has 3 aromatic rings. The van der Waals surface area contributed by atoms with Gasteiger partial charge in [-0.2, -0.15) is 5.10 Å². The number of rotatable bonds is 6. The van der Waals surface area contributed by atoms with E-state index in [1.165, 1.54) is 5.56 Å². The average molecular weight is 484 g/mol. The van der Waals surface area contributed by atoms with Gasteiger partial charge >= 0.3 is 0 Å². The number of piperazine rings is 1. The minimum Gasteiger partial charge on any atom is -0.365 e. The standard InChI is InChI=1S/C25H30ClN5OS/c1-5-17(4)28-29-25-27-22-21(33-25)11-10-20(26)23(22)30-12-14-31(15-13-30)24(32)19-8-6-18(7-9-19)16(2)3/h6-11,16H,5,12-15H2,1-4H3,(H,27,29)/b28-17+. The van der Waals surface area contributed by atoms with Crippen LogP contribution in [0.1, 0.15) is 56.0 Å². The number of anilines is 2. The molecule has 8 heteroatoms. The number of carbonyl (C=O) groups is 1. The van der Waals surface area contributed by atoms with E-state index in [0.717, 1.165) is 38.7 Å². The molecule has 1 saturated heterocycles. The maximum absolute atomic E-state index is 13.0. The van der Waals surface area contributed by atoms with Crippen LogP contribution in [0.25, 0.3) is 10.2 Å². The third-order valence-electron chi connectivity index (χ3n) is 6.05. The van der Waals surface area contributed by atoms with Gasteiger partial charge in [0.2, 0.25) is 5.13 Å². The number of nitrogens with zero attached hydrogens (tertiary/aromatic N) is 4.